The van der Waals surface area contributed by atoms with Crippen molar-refractivity contribution < 1.29 is 5.11 Å². The minimum Gasteiger partial charge on any atom is -0.493 e. The Morgan fingerprint density at radius 1 is 1.31 bits per heavy atom. The molecule has 1 aliphatic carbocycles. The van der Waals surface area contributed by atoms with Gasteiger partial charge < -0.3 is 10.1 Å². The van der Waals surface area contributed by atoms with Crippen LogP contribution in [0.5, 0.6) is 5.88 Å². The number of nitrogens with one attached hydrogen (secondary N) is 1. The first kappa shape index (κ1) is 11.2. The molecule has 1 heterocycles. The maximum atomic E-state index is 11.5. The monoisotopic (exact) mass is 222 g/mol. The van der Waals surface area contributed by atoms with Crippen molar-refractivity contribution in [2.45, 2.75) is 45.4 Å². The molecule has 1 fully saturated rings. The first-order valence-electron chi connectivity index (χ1n) is 5.87. The summed E-state index contributed by atoms with van der Waals surface area (Å²) in [5, 5.41) is 9.53. The fraction of sp³-hybridized carbons (Fsp3) is 0.667. The number of H-pyrrole nitrogens is 1. The lowest BCUT2D eigenvalue weighted by atomic mass is 9.82. The largest absolute Gasteiger partial charge is 0.493 e. The highest BCUT2D eigenvalue weighted by molar-refractivity contribution is 5.21. The molecule has 4 heteroatoms. The van der Waals surface area contributed by atoms with Gasteiger partial charge >= 0.3 is 0 Å². The molecule has 0 saturated heterocycles. The molecule has 0 unspecified atom stereocenters. The Morgan fingerprint density at radius 2 is 1.94 bits per heavy atom. The molecule has 88 valence electrons. The van der Waals surface area contributed by atoms with Crippen LogP contribution in [0.1, 0.15) is 49.9 Å². The third-order valence-corrected chi connectivity index (χ3v) is 3.55. The molecule has 0 radical (unpaired) electrons. The number of aromatic amines is 1. The van der Waals surface area contributed by atoms with Crippen LogP contribution in [0.3, 0.4) is 0 Å². The zero-order valence-corrected chi connectivity index (χ0v) is 9.79. The number of hydrogen-bond acceptors (Lipinski definition) is 3. The summed E-state index contributed by atoms with van der Waals surface area (Å²) in [6.45, 7) is 3.83. The summed E-state index contributed by atoms with van der Waals surface area (Å²) in [4.78, 5) is 18.4. The van der Waals surface area contributed by atoms with E-state index in [0.29, 0.717) is 17.3 Å². The van der Waals surface area contributed by atoms with E-state index in [1.54, 1.807) is 6.92 Å². The van der Waals surface area contributed by atoms with Crippen molar-refractivity contribution >= 4 is 0 Å². The van der Waals surface area contributed by atoms with Crippen molar-refractivity contribution in [3.05, 3.63) is 21.7 Å². The fourth-order valence-corrected chi connectivity index (χ4v) is 2.26. The Kier molecular flexibility index (Phi) is 2.99. The first-order valence-corrected chi connectivity index (χ1v) is 5.87. The first-order chi connectivity index (χ1) is 7.58. The third kappa shape index (κ3) is 2.10. The molecule has 0 atom stereocenters. The van der Waals surface area contributed by atoms with Crippen LogP contribution in [-0.2, 0) is 0 Å². The molecule has 0 amide bonds. The van der Waals surface area contributed by atoms with Gasteiger partial charge in [0.15, 0.2) is 0 Å². The minimum atomic E-state index is -0.221. The molecular formula is C12H18N2O2. The smallest absolute Gasteiger partial charge is 0.257 e. The van der Waals surface area contributed by atoms with Gasteiger partial charge in [-0.25, -0.2) is 0 Å². The van der Waals surface area contributed by atoms with Crippen molar-refractivity contribution in [3.8, 4) is 5.88 Å². The van der Waals surface area contributed by atoms with Crippen molar-refractivity contribution in [1.82, 2.24) is 9.97 Å². The van der Waals surface area contributed by atoms with Crippen molar-refractivity contribution in [3.63, 3.8) is 0 Å². The van der Waals surface area contributed by atoms with Gasteiger partial charge in [0.2, 0.25) is 5.88 Å². The van der Waals surface area contributed by atoms with E-state index >= 15 is 0 Å². The van der Waals surface area contributed by atoms with E-state index < -0.39 is 0 Å². The van der Waals surface area contributed by atoms with Gasteiger partial charge in [0, 0.05) is 5.92 Å². The minimum absolute atomic E-state index is 0.127. The number of hydrogen-bond donors (Lipinski definition) is 2. The lowest BCUT2D eigenvalue weighted by molar-refractivity contribution is 0.335. The summed E-state index contributed by atoms with van der Waals surface area (Å²) in [6.07, 6.45) is 4.44. The van der Waals surface area contributed by atoms with E-state index in [0.717, 1.165) is 18.8 Å². The highest BCUT2D eigenvalue weighted by atomic mass is 16.3. The van der Waals surface area contributed by atoms with E-state index in [4.69, 9.17) is 0 Å². The molecule has 1 aliphatic rings. The Bertz CT molecular complexity index is 431. The Morgan fingerprint density at radius 3 is 2.50 bits per heavy atom. The average molecular weight is 222 g/mol. The maximum absolute atomic E-state index is 11.5. The number of nitrogens with zero attached hydrogens (tertiary/aromatic N) is 1. The Balaban J connectivity index is 2.24. The second-order valence-electron chi connectivity index (χ2n) is 4.86. The summed E-state index contributed by atoms with van der Waals surface area (Å²) in [6, 6.07) is 0. The van der Waals surface area contributed by atoms with Gasteiger partial charge in [-0.15, -0.1) is 0 Å². The Hall–Kier alpha value is -1.32. The van der Waals surface area contributed by atoms with Crippen molar-refractivity contribution in [1.29, 1.82) is 0 Å². The second kappa shape index (κ2) is 4.28. The van der Waals surface area contributed by atoms with Crippen molar-refractivity contribution in [2.75, 3.05) is 0 Å². The number of rotatable bonds is 1. The summed E-state index contributed by atoms with van der Waals surface area (Å²) < 4.78 is 0. The SMILES string of the molecule is Cc1c(O)nc(C2CCC(C)CC2)[nH]c1=O. The van der Waals surface area contributed by atoms with Crippen LogP contribution < -0.4 is 5.56 Å². The topological polar surface area (TPSA) is 66.0 Å². The summed E-state index contributed by atoms with van der Waals surface area (Å²) in [5.41, 5.74) is 0.0778. The molecule has 1 aromatic rings. The highest BCUT2D eigenvalue weighted by Gasteiger charge is 2.22. The maximum Gasteiger partial charge on any atom is 0.257 e. The molecular weight excluding hydrogens is 204 g/mol. The Labute approximate surface area is 94.7 Å². The van der Waals surface area contributed by atoms with Gasteiger partial charge in [0.05, 0.1) is 5.56 Å². The molecule has 2 N–H and O–H groups in total. The van der Waals surface area contributed by atoms with Gasteiger partial charge in [-0.05, 0) is 25.7 Å². The third-order valence-electron chi connectivity index (χ3n) is 3.55. The standard InChI is InChI=1S/C12H18N2O2/c1-7-3-5-9(6-4-7)10-13-11(15)8(2)12(16)14-10/h7,9H,3-6H2,1-2H3,(H2,13,14,15,16). The van der Waals surface area contributed by atoms with Crippen LogP contribution in [0.25, 0.3) is 0 Å². The number of aromatic hydroxyl groups is 1. The van der Waals surface area contributed by atoms with E-state index in [9.17, 15) is 9.90 Å². The molecule has 0 aliphatic heterocycles. The lowest BCUT2D eigenvalue weighted by Crippen LogP contribution is -2.19. The van der Waals surface area contributed by atoms with Gasteiger partial charge in [0.1, 0.15) is 5.82 Å². The quantitative estimate of drug-likeness (QED) is 0.764. The normalized spacial score (nSPS) is 25.6. The van der Waals surface area contributed by atoms with Gasteiger partial charge in [-0.1, -0.05) is 19.8 Å². The zero-order chi connectivity index (χ0) is 11.7. The molecule has 0 bridgehead atoms. The van der Waals surface area contributed by atoms with Crippen LogP contribution in [0.2, 0.25) is 0 Å². The molecule has 4 nitrogen and oxygen atoms in total. The van der Waals surface area contributed by atoms with E-state index in [2.05, 4.69) is 16.9 Å². The van der Waals surface area contributed by atoms with Crippen LogP contribution in [0.4, 0.5) is 0 Å². The highest BCUT2D eigenvalue weighted by Crippen LogP contribution is 2.33. The van der Waals surface area contributed by atoms with E-state index in [-0.39, 0.29) is 11.4 Å². The number of aromatic nitrogens is 2. The molecule has 0 aromatic carbocycles. The second-order valence-corrected chi connectivity index (χ2v) is 4.86. The van der Waals surface area contributed by atoms with E-state index in [1.807, 2.05) is 0 Å². The molecule has 2 rings (SSSR count). The zero-order valence-electron chi connectivity index (χ0n) is 9.79. The average Bonchev–Trinajstić information content (AvgIpc) is 2.26. The summed E-state index contributed by atoms with van der Waals surface area (Å²) in [5.74, 6) is 1.59. The summed E-state index contributed by atoms with van der Waals surface area (Å²) >= 11 is 0. The van der Waals surface area contributed by atoms with Crippen LogP contribution in [-0.4, -0.2) is 15.1 Å². The molecule has 1 saturated carbocycles. The predicted molar refractivity (Wildman–Crippen MR) is 61.6 cm³/mol. The lowest BCUT2D eigenvalue weighted by Gasteiger charge is -2.25. The van der Waals surface area contributed by atoms with Crippen molar-refractivity contribution in [2.24, 2.45) is 5.92 Å². The van der Waals surface area contributed by atoms with E-state index in [1.165, 1.54) is 12.8 Å². The predicted octanol–water partition coefficient (Wildman–Crippen LogP) is 2.08. The van der Waals surface area contributed by atoms with Crippen LogP contribution >= 0.6 is 0 Å². The van der Waals surface area contributed by atoms with Gasteiger partial charge in [-0.3, -0.25) is 4.79 Å². The summed E-state index contributed by atoms with van der Waals surface area (Å²) in [7, 11) is 0. The van der Waals surface area contributed by atoms with Gasteiger partial charge in [-0.2, -0.15) is 4.98 Å². The molecule has 1 aromatic heterocycles. The molecule has 0 spiro atoms. The van der Waals surface area contributed by atoms with Gasteiger partial charge in [0.25, 0.3) is 5.56 Å². The molecule has 16 heavy (non-hydrogen) atoms. The van der Waals surface area contributed by atoms with Crippen LogP contribution in [0.15, 0.2) is 4.79 Å². The fourth-order valence-electron chi connectivity index (χ4n) is 2.26. The van der Waals surface area contributed by atoms with Crippen LogP contribution in [0, 0.1) is 12.8 Å².